The van der Waals surface area contributed by atoms with E-state index in [0.717, 1.165) is 11.3 Å². The lowest BCUT2D eigenvalue weighted by Gasteiger charge is -2.28. The maximum atomic E-state index is 12.7. The Hall–Kier alpha value is -5.87. The zero-order chi connectivity index (χ0) is 30.3. The number of esters is 1. The molecule has 13 heteroatoms. The van der Waals surface area contributed by atoms with Gasteiger partial charge in [-0.05, 0) is 41.1 Å². The number of carbonyl (C=O) groups excluding carboxylic acids is 1. The minimum absolute atomic E-state index is 0.207. The van der Waals surface area contributed by atoms with Crippen LogP contribution in [0, 0.1) is 11.3 Å². The summed E-state index contributed by atoms with van der Waals surface area (Å²) in [7, 11) is 1.47. The van der Waals surface area contributed by atoms with Crippen molar-refractivity contribution in [1.29, 1.82) is 5.26 Å². The molecular weight excluding hydrogens is 562 g/mol. The number of rotatable bonds is 9. The normalized spacial score (nSPS) is 13.4. The molecule has 5 aromatic rings. The first-order valence-electron chi connectivity index (χ1n) is 13.8. The minimum atomic E-state index is -0.604. The van der Waals surface area contributed by atoms with Crippen LogP contribution in [-0.2, 0) is 16.1 Å². The first kappa shape index (κ1) is 28.3. The summed E-state index contributed by atoms with van der Waals surface area (Å²) in [6, 6.07) is 26.2. The third kappa shape index (κ3) is 6.15. The molecule has 0 spiro atoms. The number of methoxy groups -OCH3 is 1. The number of hydrogen-bond donors (Lipinski definition) is 0. The summed E-state index contributed by atoms with van der Waals surface area (Å²) in [5, 5.41) is 31.3. The van der Waals surface area contributed by atoms with Crippen molar-refractivity contribution in [2.75, 3.05) is 38.3 Å². The highest BCUT2D eigenvalue weighted by Gasteiger charge is 2.23. The van der Waals surface area contributed by atoms with Crippen molar-refractivity contribution in [2.45, 2.75) is 6.54 Å². The fraction of sp³-hybridized carbons (Fsp3) is 0.194. The van der Waals surface area contributed by atoms with Crippen LogP contribution in [0.2, 0.25) is 0 Å². The van der Waals surface area contributed by atoms with Crippen LogP contribution in [0.1, 0.15) is 11.4 Å². The van der Waals surface area contributed by atoms with E-state index in [2.05, 4.69) is 36.6 Å². The summed E-state index contributed by atoms with van der Waals surface area (Å²) in [5.74, 6) is 1.34. The van der Waals surface area contributed by atoms with E-state index < -0.39 is 5.97 Å². The van der Waals surface area contributed by atoms with Crippen LogP contribution >= 0.6 is 0 Å². The van der Waals surface area contributed by atoms with Crippen LogP contribution in [0.15, 0.2) is 78.9 Å². The number of anilines is 1. The minimum Gasteiger partial charge on any atom is -0.493 e. The first-order chi connectivity index (χ1) is 21.6. The highest BCUT2D eigenvalue weighted by Crippen LogP contribution is 2.31. The third-order valence-electron chi connectivity index (χ3n) is 6.79. The molecule has 1 aliphatic rings. The van der Waals surface area contributed by atoms with Gasteiger partial charge in [0.15, 0.2) is 23.9 Å². The van der Waals surface area contributed by atoms with Gasteiger partial charge in [0.1, 0.15) is 6.07 Å². The van der Waals surface area contributed by atoms with E-state index in [1.54, 1.807) is 24.3 Å². The third-order valence-corrected chi connectivity index (χ3v) is 6.79. The van der Waals surface area contributed by atoms with Gasteiger partial charge in [-0.25, -0.2) is 4.79 Å². The Morgan fingerprint density at radius 3 is 2.45 bits per heavy atom. The molecule has 0 saturated carbocycles. The summed E-state index contributed by atoms with van der Waals surface area (Å²) in [4.78, 5) is 16.0. The maximum absolute atomic E-state index is 12.7. The van der Waals surface area contributed by atoms with Crippen molar-refractivity contribution in [3.63, 3.8) is 0 Å². The number of hydrogen-bond acceptors (Lipinski definition) is 11. The van der Waals surface area contributed by atoms with Gasteiger partial charge in [0.05, 0.1) is 31.6 Å². The van der Waals surface area contributed by atoms with Crippen LogP contribution in [0.3, 0.4) is 0 Å². The molecule has 0 unspecified atom stereocenters. The molecule has 3 aromatic carbocycles. The SMILES string of the molecule is COc1cc(/C=C(\C#N)c2nnc(N3CCOCC3)n2-c2ccccc2)ccc1OC(=O)Cn1nnc(-c2ccccc2)n1. The zero-order valence-electron chi connectivity index (χ0n) is 23.8. The lowest BCUT2D eigenvalue weighted by atomic mass is 10.1. The van der Waals surface area contributed by atoms with Crippen molar-refractivity contribution < 1.29 is 19.0 Å². The Morgan fingerprint density at radius 2 is 1.73 bits per heavy atom. The summed E-state index contributed by atoms with van der Waals surface area (Å²) in [5.41, 5.74) is 2.54. The number of nitriles is 1. The largest absolute Gasteiger partial charge is 0.493 e. The number of carbonyl (C=O) groups is 1. The predicted octanol–water partition coefficient (Wildman–Crippen LogP) is 3.44. The number of tetrazole rings is 1. The molecule has 1 aliphatic heterocycles. The number of benzene rings is 3. The second kappa shape index (κ2) is 13.0. The van der Waals surface area contributed by atoms with Gasteiger partial charge in [-0.2, -0.15) is 10.1 Å². The van der Waals surface area contributed by atoms with Gasteiger partial charge < -0.3 is 19.1 Å². The predicted molar refractivity (Wildman–Crippen MR) is 160 cm³/mol. The van der Waals surface area contributed by atoms with E-state index in [-0.39, 0.29) is 12.3 Å². The molecule has 1 fully saturated rings. The molecule has 0 radical (unpaired) electrons. The number of morpholine rings is 1. The maximum Gasteiger partial charge on any atom is 0.335 e. The Labute approximate surface area is 252 Å². The number of para-hydroxylation sites is 1. The standard InChI is InChI=1S/C31H27N9O4/c1-42-27-19-22(12-13-26(27)44-28(41)21-39-36-29(33-37-39)23-8-4-2-5-9-23)18-24(20-32)30-34-35-31(38-14-16-43-17-15-38)40(30)25-10-6-3-7-11-25/h2-13,18-19H,14-17,21H2,1H3/b24-18+. The van der Waals surface area contributed by atoms with Crippen molar-refractivity contribution >= 4 is 23.6 Å². The average molecular weight is 590 g/mol. The van der Waals surface area contributed by atoms with E-state index in [1.807, 2.05) is 65.2 Å². The van der Waals surface area contributed by atoms with E-state index in [0.29, 0.717) is 60.8 Å². The Kier molecular flexibility index (Phi) is 8.33. The molecule has 3 heterocycles. The smallest absolute Gasteiger partial charge is 0.335 e. The molecule has 13 nitrogen and oxygen atoms in total. The molecule has 0 bridgehead atoms. The van der Waals surface area contributed by atoms with Crippen LogP contribution in [0.4, 0.5) is 5.95 Å². The van der Waals surface area contributed by atoms with Gasteiger partial charge in [-0.3, -0.25) is 4.57 Å². The molecule has 220 valence electrons. The van der Waals surface area contributed by atoms with Crippen LogP contribution in [0.25, 0.3) is 28.7 Å². The molecule has 0 aliphatic carbocycles. The Balaban J connectivity index is 1.24. The van der Waals surface area contributed by atoms with Gasteiger partial charge in [0.2, 0.25) is 11.8 Å². The molecule has 6 rings (SSSR count). The summed E-state index contributed by atoms with van der Waals surface area (Å²) in [6.07, 6.45) is 1.69. The van der Waals surface area contributed by atoms with E-state index >= 15 is 0 Å². The van der Waals surface area contributed by atoms with Crippen molar-refractivity contribution in [3.05, 3.63) is 90.3 Å². The van der Waals surface area contributed by atoms with Crippen molar-refractivity contribution in [2.24, 2.45) is 0 Å². The van der Waals surface area contributed by atoms with Crippen LogP contribution in [0.5, 0.6) is 11.5 Å². The average Bonchev–Trinajstić information content (AvgIpc) is 3.73. The number of allylic oxidation sites excluding steroid dienone is 1. The molecule has 2 aromatic heterocycles. The number of aromatic nitrogens is 7. The Bertz CT molecular complexity index is 1820. The molecule has 44 heavy (non-hydrogen) atoms. The van der Waals surface area contributed by atoms with Crippen molar-refractivity contribution in [1.82, 2.24) is 35.0 Å². The highest BCUT2D eigenvalue weighted by molar-refractivity contribution is 5.88. The molecular formula is C31H27N9O4. The molecule has 1 saturated heterocycles. The van der Waals surface area contributed by atoms with Crippen LogP contribution in [-0.4, -0.2) is 74.4 Å². The topological polar surface area (TPSA) is 146 Å². The lowest BCUT2D eigenvalue weighted by molar-refractivity contribution is -0.135. The summed E-state index contributed by atoms with van der Waals surface area (Å²) < 4.78 is 18.4. The fourth-order valence-electron chi connectivity index (χ4n) is 4.69. The number of ether oxygens (including phenoxy) is 3. The molecule has 0 N–H and O–H groups in total. The second-order valence-corrected chi connectivity index (χ2v) is 9.66. The van der Waals surface area contributed by atoms with Crippen molar-refractivity contribution in [3.8, 4) is 34.6 Å². The van der Waals surface area contributed by atoms with Gasteiger partial charge in [0, 0.05) is 18.7 Å². The fourth-order valence-corrected chi connectivity index (χ4v) is 4.69. The lowest BCUT2D eigenvalue weighted by Crippen LogP contribution is -2.38. The van der Waals surface area contributed by atoms with Gasteiger partial charge in [-0.1, -0.05) is 54.6 Å². The zero-order valence-corrected chi connectivity index (χ0v) is 23.8. The van der Waals surface area contributed by atoms with E-state index in [4.69, 9.17) is 14.2 Å². The highest BCUT2D eigenvalue weighted by atomic mass is 16.6. The van der Waals surface area contributed by atoms with E-state index in [9.17, 15) is 10.1 Å². The van der Waals surface area contributed by atoms with Gasteiger partial charge in [0.25, 0.3) is 0 Å². The quantitative estimate of drug-likeness (QED) is 0.142. The van der Waals surface area contributed by atoms with Crippen LogP contribution < -0.4 is 14.4 Å². The first-order valence-corrected chi connectivity index (χ1v) is 13.8. The molecule has 0 amide bonds. The monoisotopic (exact) mass is 589 g/mol. The second-order valence-electron chi connectivity index (χ2n) is 9.66. The summed E-state index contributed by atoms with van der Waals surface area (Å²) >= 11 is 0. The summed E-state index contributed by atoms with van der Waals surface area (Å²) in [6.45, 7) is 2.24. The van der Waals surface area contributed by atoms with Gasteiger partial charge in [-0.15, -0.1) is 20.4 Å². The Morgan fingerprint density at radius 1 is 0.977 bits per heavy atom. The van der Waals surface area contributed by atoms with Gasteiger partial charge >= 0.3 is 5.97 Å². The molecule has 0 atom stereocenters. The van der Waals surface area contributed by atoms with E-state index in [1.165, 1.54) is 11.9 Å². The number of nitrogens with zero attached hydrogens (tertiary/aromatic N) is 9.